The first-order chi connectivity index (χ1) is 8.68. The molecule has 0 spiro atoms. The Labute approximate surface area is 113 Å². The van der Waals surface area contributed by atoms with Gasteiger partial charge in [0.2, 0.25) is 0 Å². The molecule has 2 rings (SSSR count). The topological polar surface area (TPSA) is 23.5 Å². The number of aliphatic hydroxyl groups is 1. The van der Waals surface area contributed by atoms with Crippen molar-refractivity contribution in [1.29, 1.82) is 0 Å². The lowest BCUT2D eigenvalue weighted by Gasteiger charge is -2.45. The van der Waals surface area contributed by atoms with Gasteiger partial charge >= 0.3 is 0 Å². The van der Waals surface area contributed by atoms with E-state index in [2.05, 4.69) is 18.7 Å². The van der Waals surface area contributed by atoms with Crippen LogP contribution in [-0.4, -0.2) is 34.7 Å². The van der Waals surface area contributed by atoms with Crippen molar-refractivity contribution in [2.45, 2.75) is 83.3 Å². The molecule has 18 heavy (non-hydrogen) atoms. The van der Waals surface area contributed by atoms with Crippen molar-refractivity contribution >= 4 is 0 Å². The maximum absolute atomic E-state index is 10.9. The van der Waals surface area contributed by atoms with E-state index in [0.717, 1.165) is 6.42 Å². The quantitative estimate of drug-likeness (QED) is 0.774. The zero-order valence-corrected chi connectivity index (χ0v) is 12.3. The highest BCUT2D eigenvalue weighted by Crippen LogP contribution is 2.36. The molecule has 2 heteroatoms. The summed E-state index contributed by atoms with van der Waals surface area (Å²) < 4.78 is 0. The van der Waals surface area contributed by atoms with Crippen LogP contribution in [0.3, 0.4) is 0 Å². The molecular weight excluding hydrogens is 222 g/mol. The molecule has 1 aliphatic heterocycles. The van der Waals surface area contributed by atoms with Crippen LogP contribution in [0.2, 0.25) is 0 Å². The van der Waals surface area contributed by atoms with E-state index in [1.54, 1.807) is 0 Å². The maximum atomic E-state index is 10.9. The Balaban J connectivity index is 2.04. The van der Waals surface area contributed by atoms with Gasteiger partial charge in [-0.3, -0.25) is 4.90 Å². The summed E-state index contributed by atoms with van der Waals surface area (Å²) in [6.07, 6.45) is 11.4. The molecule has 106 valence electrons. The van der Waals surface area contributed by atoms with Crippen molar-refractivity contribution < 1.29 is 5.11 Å². The fraction of sp³-hybridized carbons (Fsp3) is 1.00. The summed E-state index contributed by atoms with van der Waals surface area (Å²) in [4.78, 5) is 2.56. The smallest absolute Gasteiger partial charge is 0.0749 e. The molecule has 1 aliphatic carbocycles. The first-order valence-corrected chi connectivity index (χ1v) is 8.11. The second-order valence-electron chi connectivity index (χ2n) is 6.60. The molecule has 1 heterocycles. The monoisotopic (exact) mass is 253 g/mol. The SMILES string of the molecule is CCC(C)(C(O)C1CCCCCC1)N1CCCC1. The van der Waals surface area contributed by atoms with Crippen LogP contribution in [0.4, 0.5) is 0 Å². The Morgan fingerprint density at radius 2 is 1.61 bits per heavy atom. The summed E-state index contributed by atoms with van der Waals surface area (Å²) >= 11 is 0. The average Bonchev–Trinajstić information content (AvgIpc) is 2.80. The fourth-order valence-electron chi connectivity index (χ4n) is 3.98. The second-order valence-corrected chi connectivity index (χ2v) is 6.60. The van der Waals surface area contributed by atoms with Crippen LogP contribution in [0.5, 0.6) is 0 Å². The number of hydrogen-bond acceptors (Lipinski definition) is 2. The van der Waals surface area contributed by atoms with Crippen LogP contribution in [0.1, 0.15) is 71.6 Å². The Morgan fingerprint density at radius 3 is 2.11 bits per heavy atom. The van der Waals surface area contributed by atoms with Crippen LogP contribution in [0.15, 0.2) is 0 Å². The van der Waals surface area contributed by atoms with Gasteiger partial charge in [0.05, 0.1) is 6.10 Å². The standard InChI is InChI=1S/C16H31NO/c1-3-16(2,17-12-8-9-13-17)15(18)14-10-6-4-5-7-11-14/h14-15,18H,3-13H2,1-2H3. The van der Waals surface area contributed by atoms with E-state index in [4.69, 9.17) is 0 Å². The van der Waals surface area contributed by atoms with Crippen molar-refractivity contribution in [1.82, 2.24) is 4.90 Å². The van der Waals surface area contributed by atoms with Crippen molar-refractivity contribution in [3.8, 4) is 0 Å². The second kappa shape index (κ2) is 6.38. The fourth-order valence-corrected chi connectivity index (χ4v) is 3.98. The minimum Gasteiger partial charge on any atom is -0.391 e. The normalized spacial score (nSPS) is 28.8. The third-order valence-electron chi connectivity index (χ3n) is 5.53. The van der Waals surface area contributed by atoms with Gasteiger partial charge in [-0.1, -0.05) is 32.6 Å². The van der Waals surface area contributed by atoms with Gasteiger partial charge in [0.15, 0.2) is 0 Å². The number of rotatable bonds is 4. The summed E-state index contributed by atoms with van der Waals surface area (Å²) in [7, 11) is 0. The molecule has 0 amide bonds. The van der Waals surface area contributed by atoms with E-state index in [9.17, 15) is 5.11 Å². The summed E-state index contributed by atoms with van der Waals surface area (Å²) in [5.74, 6) is 0.540. The van der Waals surface area contributed by atoms with Gasteiger partial charge in [-0.2, -0.15) is 0 Å². The molecular formula is C16H31NO. The van der Waals surface area contributed by atoms with Crippen LogP contribution in [0, 0.1) is 5.92 Å². The van der Waals surface area contributed by atoms with Crippen molar-refractivity contribution in [2.75, 3.05) is 13.1 Å². The van der Waals surface area contributed by atoms with E-state index in [1.807, 2.05) is 0 Å². The van der Waals surface area contributed by atoms with E-state index in [0.29, 0.717) is 5.92 Å². The van der Waals surface area contributed by atoms with E-state index in [1.165, 1.54) is 64.5 Å². The van der Waals surface area contributed by atoms with E-state index in [-0.39, 0.29) is 11.6 Å². The molecule has 0 aromatic carbocycles. The zero-order valence-electron chi connectivity index (χ0n) is 12.3. The number of nitrogens with zero attached hydrogens (tertiary/aromatic N) is 1. The van der Waals surface area contributed by atoms with Gasteiger partial charge < -0.3 is 5.11 Å². The minimum absolute atomic E-state index is 0.0194. The van der Waals surface area contributed by atoms with Gasteiger partial charge in [-0.05, 0) is 58.0 Å². The predicted octanol–water partition coefficient (Wildman–Crippen LogP) is 3.58. The number of likely N-dealkylation sites (tertiary alicyclic amines) is 1. The summed E-state index contributed by atoms with van der Waals surface area (Å²) in [5.41, 5.74) is 0.0194. The predicted molar refractivity (Wildman–Crippen MR) is 76.7 cm³/mol. The minimum atomic E-state index is -0.126. The average molecular weight is 253 g/mol. The molecule has 0 aromatic rings. The highest BCUT2D eigenvalue weighted by atomic mass is 16.3. The molecule has 2 atom stereocenters. The van der Waals surface area contributed by atoms with Gasteiger partial charge in [-0.25, -0.2) is 0 Å². The largest absolute Gasteiger partial charge is 0.391 e. The van der Waals surface area contributed by atoms with Gasteiger partial charge in [0.25, 0.3) is 0 Å². The molecule has 0 radical (unpaired) electrons. The molecule has 2 fully saturated rings. The Kier molecular flexibility index (Phi) is 5.08. The molecule has 2 unspecified atom stereocenters. The van der Waals surface area contributed by atoms with Gasteiger partial charge in [-0.15, -0.1) is 0 Å². The number of hydrogen-bond donors (Lipinski definition) is 1. The van der Waals surface area contributed by atoms with Crippen molar-refractivity contribution in [2.24, 2.45) is 5.92 Å². The Morgan fingerprint density at radius 1 is 1.06 bits per heavy atom. The third kappa shape index (κ3) is 2.91. The Hall–Kier alpha value is -0.0800. The molecule has 1 saturated heterocycles. The first-order valence-electron chi connectivity index (χ1n) is 8.11. The van der Waals surface area contributed by atoms with Crippen LogP contribution < -0.4 is 0 Å². The highest BCUT2D eigenvalue weighted by Gasteiger charge is 2.41. The van der Waals surface area contributed by atoms with Crippen LogP contribution in [-0.2, 0) is 0 Å². The summed E-state index contributed by atoms with van der Waals surface area (Å²) in [6, 6.07) is 0. The van der Waals surface area contributed by atoms with Crippen LogP contribution >= 0.6 is 0 Å². The van der Waals surface area contributed by atoms with Gasteiger partial charge in [0, 0.05) is 5.54 Å². The first kappa shape index (κ1) is 14.3. The van der Waals surface area contributed by atoms with Crippen LogP contribution in [0.25, 0.3) is 0 Å². The molecule has 0 aromatic heterocycles. The lowest BCUT2D eigenvalue weighted by atomic mass is 9.79. The lowest BCUT2D eigenvalue weighted by Crippen LogP contribution is -2.55. The van der Waals surface area contributed by atoms with E-state index >= 15 is 0 Å². The maximum Gasteiger partial charge on any atom is 0.0749 e. The molecule has 0 bridgehead atoms. The highest BCUT2D eigenvalue weighted by molar-refractivity contribution is 4.96. The lowest BCUT2D eigenvalue weighted by molar-refractivity contribution is -0.0489. The summed E-state index contributed by atoms with van der Waals surface area (Å²) in [5, 5.41) is 10.9. The molecule has 1 N–H and O–H groups in total. The van der Waals surface area contributed by atoms with Gasteiger partial charge in [0.1, 0.15) is 0 Å². The van der Waals surface area contributed by atoms with E-state index < -0.39 is 0 Å². The third-order valence-corrected chi connectivity index (χ3v) is 5.53. The van der Waals surface area contributed by atoms with Crippen molar-refractivity contribution in [3.63, 3.8) is 0 Å². The Bertz CT molecular complexity index is 241. The molecule has 2 aliphatic rings. The molecule has 1 saturated carbocycles. The molecule has 2 nitrogen and oxygen atoms in total. The summed E-state index contributed by atoms with van der Waals surface area (Å²) in [6.45, 7) is 6.92. The van der Waals surface area contributed by atoms with Crippen molar-refractivity contribution in [3.05, 3.63) is 0 Å². The zero-order chi connectivity index (χ0) is 13.0. The number of aliphatic hydroxyl groups excluding tert-OH is 1.